The maximum Gasteiger partial charge on any atom is 0.304 e. The lowest BCUT2D eigenvalue weighted by atomic mass is 9.94. The summed E-state index contributed by atoms with van der Waals surface area (Å²) in [6, 6.07) is 7.79. The van der Waals surface area contributed by atoms with Gasteiger partial charge in [0.2, 0.25) is 5.82 Å². The number of nitro groups is 1. The monoisotopic (exact) mass is 708 g/mol. The number of nitrogens with zero attached hydrogens (tertiary/aromatic N) is 5. The molecule has 2 aromatic carbocycles. The van der Waals surface area contributed by atoms with Crippen LogP contribution in [0.1, 0.15) is 57.1 Å². The number of carbonyl (C=O) groups is 2. The summed E-state index contributed by atoms with van der Waals surface area (Å²) in [7, 11) is 3.96. The minimum Gasteiger partial charge on any atom is -0.396 e. The molecule has 4 N–H and O–H groups in total. The number of nitrogen functional groups attached to an aromatic ring is 1. The molecule has 0 spiro atoms. The minimum atomic E-state index is -1.31. The number of amides is 2. The first-order chi connectivity index (χ1) is 23.2. The summed E-state index contributed by atoms with van der Waals surface area (Å²) < 4.78 is 32.1. The number of aliphatic hydroxyl groups is 2. The fourth-order valence-electron chi connectivity index (χ4n) is 5.51. The number of piperazine rings is 2. The number of rotatable bonds is 7. The van der Waals surface area contributed by atoms with Gasteiger partial charge >= 0.3 is 5.69 Å². The number of nitrogens with two attached hydrogens (primary N) is 1. The molecule has 13 nitrogen and oxygen atoms in total. The van der Waals surface area contributed by atoms with E-state index in [1.807, 2.05) is 14.1 Å². The molecule has 3 saturated heterocycles. The summed E-state index contributed by atoms with van der Waals surface area (Å²) in [5.74, 6) is -3.33. The second-order valence-corrected chi connectivity index (χ2v) is 12.8. The Kier molecular flexibility index (Phi) is 17.1. The zero-order valence-electron chi connectivity index (χ0n) is 28.8. The van der Waals surface area contributed by atoms with Gasteiger partial charge < -0.3 is 40.3 Å². The maximum absolute atomic E-state index is 13.7. The Morgan fingerprint density at radius 3 is 1.52 bits per heavy atom. The SMILES string of the molecule is C.C1CCOC1.C[C@@H](c1ccc(N)c(F)c1)[C@@H](O)C(=O)N1CCN(C)CC1.C[C@@H](c1ccc([N+](=O)[O-])c(F)c1)[C@@H](O)C(=O)N1CCN(C)CC1. The first kappa shape index (κ1) is 42.4. The molecule has 2 aromatic rings. The number of likely N-dealkylation sites (N-methyl/N-ethyl adjacent to an activating group) is 2. The predicted octanol–water partition coefficient (Wildman–Crippen LogP) is 3.05. The quantitative estimate of drug-likeness (QED) is 0.221. The van der Waals surface area contributed by atoms with Crippen LogP contribution in [0.25, 0.3) is 0 Å². The van der Waals surface area contributed by atoms with Crippen molar-refractivity contribution in [2.75, 3.05) is 85.4 Å². The molecule has 0 aliphatic carbocycles. The van der Waals surface area contributed by atoms with E-state index in [0.29, 0.717) is 37.3 Å². The smallest absolute Gasteiger partial charge is 0.304 e. The van der Waals surface area contributed by atoms with Gasteiger partial charge in [-0.1, -0.05) is 33.4 Å². The fourth-order valence-corrected chi connectivity index (χ4v) is 5.51. The van der Waals surface area contributed by atoms with E-state index in [-0.39, 0.29) is 19.0 Å². The van der Waals surface area contributed by atoms with Gasteiger partial charge in [-0.3, -0.25) is 19.7 Å². The maximum atomic E-state index is 13.7. The lowest BCUT2D eigenvalue weighted by Gasteiger charge is -2.34. The fraction of sp³-hybridized carbons (Fsp3) is 0.600. The first-order valence-corrected chi connectivity index (χ1v) is 16.6. The Hall–Kier alpha value is -3.76. The molecule has 15 heteroatoms. The van der Waals surface area contributed by atoms with E-state index in [0.717, 1.165) is 51.5 Å². The Morgan fingerprint density at radius 1 is 0.780 bits per heavy atom. The van der Waals surface area contributed by atoms with Crippen LogP contribution in [-0.4, -0.2) is 138 Å². The van der Waals surface area contributed by atoms with Crippen molar-refractivity contribution in [3.63, 3.8) is 0 Å². The second kappa shape index (κ2) is 20.2. The van der Waals surface area contributed by atoms with E-state index < -0.39 is 52.2 Å². The highest BCUT2D eigenvalue weighted by Crippen LogP contribution is 2.27. The van der Waals surface area contributed by atoms with Crippen molar-refractivity contribution in [3.8, 4) is 0 Å². The number of benzene rings is 2. The molecular weight excluding hydrogens is 654 g/mol. The van der Waals surface area contributed by atoms with Crippen LogP contribution < -0.4 is 5.73 Å². The van der Waals surface area contributed by atoms with E-state index in [1.165, 1.54) is 31.0 Å². The average molecular weight is 709 g/mol. The average Bonchev–Trinajstić information content (AvgIpc) is 3.69. The van der Waals surface area contributed by atoms with Gasteiger partial charge in [-0.2, -0.15) is 4.39 Å². The molecule has 4 atom stereocenters. The van der Waals surface area contributed by atoms with Crippen molar-refractivity contribution in [1.82, 2.24) is 19.6 Å². The van der Waals surface area contributed by atoms with Crippen LogP contribution in [0.3, 0.4) is 0 Å². The third kappa shape index (κ3) is 11.9. The molecule has 0 bridgehead atoms. The van der Waals surface area contributed by atoms with Crippen LogP contribution in [0.4, 0.5) is 20.2 Å². The Labute approximate surface area is 293 Å². The van der Waals surface area contributed by atoms with E-state index in [2.05, 4.69) is 9.80 Å². The zero-order valence-corrected chi connectivity index (χ0v) is 28.8. The highest BCUT2D eigenvalue weighted by atomic mass is 19.1. The van der Waals surface area contributed by atoms with Crippen LogP contribution in [0.5, 0.6) is 0 Å². The van der Waals surface area contributed by atoms with E-state index in [9.17, 15) is 38.7 Å². The second-order valence-electron chi connectivity index (χ2n) is 12.8. The molecule has 0 radical (unpaired) electrons. The predicted molar refractivity (Wildman–Crippen MR) is 188 cm³/mol. The third-order valence-electron chi connectivity index (χ3n) is 9.16. The molecule has 280 valence electrons. The van der Waals surface area contributed by atoms with Gasteiger partial charge in [0.25, 0.3) is 11.8 Å². The van der Waals surface area contributed by atoms with Gasteiger partial charge in [0.1, 0.15) is 18.0 Å². The molecule has 0 aromatic heterocycles. The highest BCUT2D eigenvalue weighted by Gasteiger charge is 2.31. The largest absolute Gasteiger partial charge is 0.396 e. The number of halogens is 2. The number of hydrogen-bond acceptors (Lipinski definition) is 10. The molecule has 0 unspecified atom stereocenters. The molecule has 0 saturated carbocycles. The summed E-state index contributed by atoms with van der Waals surface area (Å²) >= 11 is 0. The van der Waals surface area contributed by atoms with Gasteiger partial charge in [0.05, 0.1) is 10.6 Å². The van der Waals surface area contributed by atoms with Crippen LogP contribution in [0.15, 0.2) is 36.4 Å². The van der Waals surface area contributed by atoms with Gasteiger partial charge in [0.15, 0.2) is 0 Å². The van der Waals surface area contributed by atoms with Crippen molar-refractivity contribution in [2.45, 2.75) is 58.2 Å². The van der Waals surface area contributed by atoms with E-state index in [4.69, 9.17) is 10.5 Å². The Balaban J connectivity index is 0.000000299. The lowest BCUT2D eigenvalue weighted by molar-refractivity contribution is -0.387. The standard InChI is InChI=1S/C15H20FN3O4.C15H22FN3O2.C4H8O.CH4/c1-10(11-3-4-13(19(22)23)12(16)9-11)14(20)15(21)18-7-5-17(2)6-8-18;1-10(11-3-4-13(17)12(16)9-11)14(20)15(21)19-7-5-18(2)6-8-19;1-2-4-5-3-1;/h3-4,9-10,14,20H,5-8H2,1-2H3;3-4,9-10,14,20H,5-8,17H2,1-2H3;1-4H2;1H4/t2*10-,14+;;/m00../s1. The lowest BCUT2D eigenvalue weighted by Crippen LogP contribution is -2.51. The highest BCUT2D eigenvalue weighted by molar-refractivity contribution is 5.82. The van der Waals surface area contributed by atoms with Crippen molar-refractivity contribution in [3.05, 3.63) is 69.3 Å². The topological polar surface area (TPSA) is 166 Å². The van der Waals surface area contributed by atoms with Crippen LogP contribution in [-0.2, 0) is 14.3 Å². The minimum absolute atomic E-state index is 0. The van der Waals surface area contributed by atoms with E-state index >= 15 is 0 Å². The van der Waals surface area contributed by atoms with Crippen molar-refractivity contribution in [1.29, 1.82) is 0 Å². The summed E-state index contributed by atoms with van der Waals surface area (Å²) in [4.78, 5) is 41.9. The van der Waals surface area contributed by atoms with Gasteiger partial charge in [-0.15, -0.1) is 0 Å². The summed E-state index contributed by atoms with van der Waals surface area (Å²) in [5, 5.41) is 31.2. The first-order valence-electron chi connectivity index (χ1n) is 16.6. The molecule has 3 aliphatic rings. The normalized spacial score (nSPS) is 19.0. The summed E-state index contributed by atoms with van der Waals surface area (Å²) in [5.41, 5.74) is 5.79. The van der Waals surface area contributed by atoms with Crippen molar-refractivity contribution >= 4 is 23.2 Å². The van der Waals surface area contributed by atoms with Crippen molar-refractivity contribution in [2.24, 2.45) is 0 Å². The Bertz CT molecular complexity index is 1390. The van der Waals surface area contributed by atoms with Crippen LogP contribution in [0, 0.1) is 21.7 Å². The Morgan fingerprint density at radius 2 is 1.18 bits per heavy atom. The number of aliphatic hydroxyl groups excluding tert-OH is 2. The number of nitro benzene ring substituents is 1. The van der Waals surface area contributed by atoms with Gasteiger partial charge in [0, 0.05) is 83.5 Å². The molecule has 50 heavy (non-hydrogen) atoms. The van der Waals surface area contributed by atoms with Gasteiger partial charge in [-0.05, 0) is 56.3 Å². The number of ether oxygens (including phenoxy) is 1. The van der Waals surface area contributed by atoms with Crippen molar-refractivity contribution < 1.29 is 38.2 Å². The number of anilines is 1. The molecular formula is C35H54F2N6O7. The third-order valence-corrected chi connectivity index (χ3v) is 9.16. The van der Waals surface area contributed by atoms with Crippen LogP contribution >= 0.6 is 0 Å². The zero-order chi connectivity index (χ0) is 36.2. The molecule has 3 fully saturated rings. The van der Waals surface area contributed by atoms with E-state index in [1.54, 1.807) is 29.7 Å². The molecule has 5 rings (SSSR count). The summed E-state index contributed by atoms with van der Waals surface area (Å²) in [6.07, 6.45) is 0.0793. The molecule has 3 aliphatic heterocycles. The number of hydrogen-bond donors (Lipinski definition) is 3. The molecule has 3 heterocycles. The summed E-state index contributed by atoms with van der Waals surface area (Å²) in [6.45, 7) is 10.7. The van der Waals surface area contributed by atoms with Crippen LogP contribution in [0.2, 0.25) is 0 Å². The van der Waals surface area contributed by atoms with Gasteiger partial charge in [-0.25, -0.2) is 4.39 Å². The number of carbonyl (C=O) groups excluding carboxylic acids is 2. The molecule has 2 amide bonds.